The van der Waals surface area contributed by atoms with Crippen LogP contribution < -0.4 is 14.8 Å². The van der Waals surface area contributed by atoms with Gasteiger partial charge in [0, 0.05) is 17.1 Å². The Morgan fingerprint density at radius 2 is 2.03 bits per heavy atom. The number of ether oxygens (including phenoxy) is 2. The lowest BCUT2D eigenvalue weighted by atomic mass is 9.93. The number of hydrogen-bond acceptors (Lipinski definition) is 5. The lowest BCUT2D eigenvalue weighted by Gasteiger charge is -2.23. The molecule has 0 aliphatic heterocycles. The first-order valence-electron chi connectivity index (χ1n) is 11.4. The first kappa shape index (κ1) is 22.4. The molecule has 5 nitrogen and oxygen atoms in total. The minimum Gasteiger partial charge on any atom is -0.493 e. The fourth-order valence-corrected chi connectivity index (χ4v) is 5.75. The predicted molar refractivity (Wildman–Crippen MR) is 130 cm³/mol. The number of hydrogen-bond donors (Lipinski definition) is 1. The summed E-state index contributed by atoms with van der Waals surface area (Å²) in [5.41, 5.74) is 2.87. The minimum absolute atomic E-state index is 0.0408. The van der Waals surface area contributed by atoms with Crippen molar-refractivity contribution in [1.82, 2.24) is 5.32 Å². The Labute approximate surface area is 194 Å². The number of thiophene rings is 1. The number of fused-ring (bicyclic) bond motifs is 1. The van der Waals surface area contributed by atoms with E-state index in [1.807, 2.05) is 18.2 Å². The number of aryl methyl sites for hydroxylation is 1. The number of nitrogens with zero attached hydrogens (tertiary/aromatic N) is 1. The van der Waals surface area contributed by atoms with Gasteiger partial charge in [0.1, 0.15) is 11.6 Å². The third-order valence-corrected chi connectivity index (χ3v) is 7.35. The van der Waals surface area contributed by atoms with Crippen LogP contribution in [0, 0.1) is 12.3 Å². The van der Waals surface area contributed by atoms with E-state index in [0.717, 1.165) is 48.2 Å². The minimum atomic E-state index is 0.0408. The highest BCUT2D eigenvalue weighted by Crippen LogP contribution is 2.40. The summed E-state index contributed by atoms with van der Waals surface area (Å²) >= 11 is 1.66. The van der Waals surface area contributed by atoms with Crippen molar-refractivity contribution in [2.45, 2.75) is 63.8 Å². The molecule has 1 fully saturated rings. The quantitative estimate of drug-likeness (QED) is 0.450. The van der Waals surface area contributed by atoms with Crippen molar-refractivity contribution in [3.05, 3.63) is 39.8 Å². The van der Waals surface area contributed by atoms with Crippen LogP contribution in [0.4, 0.5) is 5.00 Å². The predicted octanol–water partition coefficient (Wildman–Crippen LogP) is 5.46. The van der Waals surface area contributed by atoms with Gasteiger partial charge in [-0.2, -0.15) is 0 Å². The van der Waals surface area contributed by atoms with Gasteiger partial charge in [0.05, 0.1) is 12.7 Å². The molecule has 6 heteroatoms. The summed E-state index contributed by atoms with van der Waals surface area (Å²) in [6.45, 7) is 0.185. The molecule has 1 aromatic carbocycles. The zero-order valence-electron chi connectivity index (χ0n) is 18.6. The van der Waals surface area contributed by atoms with E-state index in [9.17, 15) is 4.79 Å². The molecule has 32 heavy (non-hydrogen) atoms. The van der Waals surface area contributed by atoms with Crippen LogP contribution in [-0.4, -0.2) is 31.9 Å². The number of terminal acetylenes is 1. The molecule has 4 rings (SSSR count). The molecule has 1 amide bonds. The molecular formula is C26H30N2O3S. The van der Waals surface area contributed by atoms with Crippen molar-refractivity contribution >= 4 is 28.5 Å². The van der Waals surface area contributed by atoms with E-state index in [2.05, 4.69) is 11.2 Å². The van der Waals surface area contributed by atoms with Crippen molar-refractivity contribution in [2.75, 3.05) is 13.7 Å². The summed E-state index contributed by atoms with van der Waals surface area (Å²) < 4.78 is 10.9. The van der Waals surface area contributed by atoms with Gasteiger partial charge in [-0.3, -0.25) is 4.79 Å². The first-order chi connectivity index (χ1) is 15.7. The number of carbonyl (C=O) groups is 1. The Morgan fingerprint density at radius 1 is 1.22 bits per heavy atom. The molecule has 1 heterocycles. The summed E-state index contributed by atoms with van der Waals surface area (Å²) in [6.07, 6.45) is 17.2. The number of nitrogens with one attached hydrogen (secondary N) is 1. The van der Waals surface area contributed by atoms with Crippen LogP contribution in [0.5, 0.6) is 11.5 Å². The molecule has 2 aliphatic carbocycles. The second-order valence-electron chi connectivity index (χ2n) is 8.36. The molecule has 168 valence electrons. The van der Waals surface area contributed by atoms with Crippen LogP contribution in [0.1, 0.15) is 71.3 Å². The molecule has 0 bridgehead atoms. The van der Waals surface area contributed by atoms with E-state index in [0.29, 0.717) is 11.5 Å². The van der Waals surface area contributed by atoms with Crippen LogP contribution in [-0.2, 0) is 12.8 Å². The van der Waals surface area contributed by atoms with Gasteiger partial charge in [-0.05, 0) is 67.9 Å². The molecule has 2 aromatic rings. The normalized spacial score (nSPS) is 16.4. The van der Waals surface area contributed by atoms with Crippen molar-refractivity contribution < 1.29 is 14.3 Å². The van der Waals surface area contributed by atoms with Crippen molar-refractivity contribution in [3.63, 3.8) is 0 Å². The van der Waals surface area contributed by atoms with Crippen LogP contribution >= 0.6 is 11.3 Å². The molecule has 2 aliphatic rings. The van der Waals surface area contributed by atoms with Crippen molar-refractivity contribution in [2.24, 2.45) is 4.99 Å². The zero-order valence-corrected chi connectivity index (χ0v) is 19.4. The molecule has 1 aromatic heterocycles. The summed E-state index contributed by atoms with van der Waals surface area (Å²) in [5, 5.41) is 4.10. The number of carbonyl (C=O) groups excluding carboxylic acids is 1. The Hall–Kier alpha value is -2.78. The monoisotopic (exact) mass is 450 g/mol. The Balaban J connectivity index is 1.59. The molecule has 0 unspecified atom stereocenters. The molecule has 0 saturated heterocycles. The van der Waals surface area contributed by atoms with E-state index < -0.39 is 0 Å². The summed E-state index contributed by atoms with van der Waals surface area (Å²) in [4.78, 5) is 19.4. The maximum Gasteiger partial charge on any atom is 0.254 e. The van der Waals surface area contributed by atoms with E-state index in [1.54, 1.807) is 24.7 Å². The van der Waals surface area contributed by atoms with Crippen LogP contribution in [0.25, 0.3) is 0 Å². The molecule has 1 N–H and O–H groups in total. The largest absolute Gasteiger partial charge is 0.493 e. The number of methoxy groups -OCH3 is 1. The van der Waals surface area contributed by atoms with Crippen molar-refractivity contribution in [1.29, 1.82) is 0 Å². The highest BCUT2D eigenvalue weighted by atomic mass is 32.1. The van der Waals surface area contributed by atoms with Gasteiger partial charge in [-0.1, -0.05) is 25.2 Å². The van der Waals surface area contributed by atoms with Crippen LogP contribution in [0.3, 0.4) is 0 Å². The third kappa shape index (κ3) is 5.16. The van der Waals surface area contributed by atoms with Gasteiger partial charge in [0.25, 0.3) is 5.91 Å². The summed E-state index contributed by atoms with van der Waals surface area (Å²) in [7, 11) is 1.60. The van der Waals surface area contributed by atoms with Crippen LogP contribution in [0.15, 0.2) is 23.2 Å². The molecular weight excluding hydrogens is 420 g/mol. The number of rotatable bonds is 7. The van der Waals surface area contributed by atoms with Gasteiger partial charge in [-0.15, -0.1) is 17.8 Å². The lowest BCUT2D eigenvalue weighted by molar-refractivity contribution is 0.0927. The number of amides is 1. The smallest absolute Gasteiger partial charge is 0.254 e. The topological polar surface area (TPSA) is 59.9 Å². The SMILES string of the molecule is C#CCOc1ccc(/C=N/c2sc3c(c2C(=O)NC2CCCCC2)CCCC3)cc1OC. The van der Waals surface area contributed by atoms with Gasteiger partial charge >= 0.3 is 0 Å². The van der Waals surface area contributed by atoms with Crippen LogP contribution in [0.2, 0.25) is 0 Å². The summed E-state index contributed by atoms with van der Waals surface area (Å²) in [5.74, 6) is 3.70. The Morgan fingerprint density at radius 3 is 2.81 bits per heavy atom. The van der Waals surface area contributed by atoms with Gasteiger partial charge in [-0.25, -0.2) is 4.99 Å². The third-order valence-electron chi connectivity index (χ3n) is 6.15. The highest BCUT2D eigenvalue weighted by Gasteiger charge is 2.27. The van der Waals surface area contributed by atoms with E-state index >= 15 is 0 Å². The fraction of sp³-hybridized carbons (Fsp3) is 0.462. The maximum atomic E-state index is 13.3. The number of aliphatic imine (C=N–C) groups is 1. The Kier molecular flexibility index (Phi) is 7.49. The molecule has 0 atom stereocenters. The van der Waals surface area contributed by atoms with E-state index in [1.165, 1.54) is 36.1 Å². The molecule has 0 spiro atoms. The van der Waals surface area contributed by atoms with E-state index in [4.69, 9.17) is 20.9 Å². The fourth-order valence-electron chi connectivity index (χ4n) is 4.52. The second-order valence-corrected chi connectivity index (χ2v) is 9.44. The zero-order chi connectivity index (χ0) is 22.3. The average Bonchev–Trinajstić information content (AvgIpc) is 3.20. The molecule has 1 saturated carbocycles. The second kappa shape index (κ2) is 10.7. The van der Waals surface area contributed by atoms with E-state index in [-0.39, 0.29) is 18.6 Å². The Bertz CT molecular complexity index is 1030. The first-order valence-corrected chi connectivity index (χ1v) is 12.2. The average molecular weight is 451 g/mol. The standard InChI is InChI=1S/C26H30N2O3S/c1-3-15-31-21-14-13-18(16-22(21)30-2)17-27-26-24(20-11-7-8-12-23(20)32-26)25(29)28-19-9-5-4-6-10-19/h1,13-14,16-17,19H,4-12,15H2,2H3,(H,28,29)/b27-17+. The van der Waals surface area contributed by atoms with Gasteiger partial charge < -0.3 is 14.8 Å². The van der Waals surface area contributed by atoms with Gasteiger partial charge in [0.15, 0.2) is 11.5 Å². The summed E-state index contributed by atoms with van der Waals surface area (Å²) in [6, 6.07) is 5.89. The lowest BCUT2D eigenvalue weighted by Crippen LogP contribution is -2.36. The van der Waals surface area contributed by atoms with Crippen molar-refractivity contribution in [3.8, 4) is 23.8 Å². The number of benzene rings is 1. The highest BCUT2D eigenvalue weighted by molar-refractivity contribution is 7.16. The van der Waals surface area contributed by atoms with Gasteiger partial charge in [0.2, 0.25) is 0 Å². The maximum absolute atomic E-state index is 13.3. The molecule has 0 radical (unpaired) electrons.